The predicted molar refractivity (Wildman–Crippen MR) is 52.6 cm³/mol. The van der Waals surface area contributed by atoms with Crippen molar-refractivity contribution in [2.75, 3.05) is 0 Å². The number of carbonyl (C=O) groups is 1. The van der Waals surface area contributed by atoms with Gasteiger partial charge in [-0.05, 0) is 38.5 Å². The third-order valence-electron chi connectivity index (χ3n) is 2.28. The van der Waals surface area contributed by atoms with E-state index < -0.39 is 5.97 Å². The highest BCUT2D eigenvalue weighted by Crippen LogP contribution is 2.21. The Balaban J connectivity index is 2.18. The van der Waals surface area contributed by atoms with Gasteiger partial charge in [-0.25, -0.2) is 4.79 Å². The van der Waals surface area contributed by atoms with Crippen LogP contribution in [0.5, 0.6) is 0 Å². The number of carboxylic acid groups (broad SMARTS) is 1. The monoisotopic (exact) mass is 180 g/mol. The zero-order valence-electron chi connectivity index (χ0n) is 7.83. The number of hydrogen-bond donors (Lipinski definition) is 1. The van der Waals surface area contributed by atoms with Crippen molar-refractivity contribution >= 4 is 5.97 Å². The van der Waals surface area contributed by atoms with Crippen LogP contribution in [0.1, 0.15) is 38.5 Å². The molecule has 72 valence electrons. The fraction of sp³-hybridized carbons (Fsp3) is 0.545. The molecular formula is C11H16O2. The summed E-state index contributed by atoms with van der Waals surface area (Å²) in [6, 6.07) is 0. The molecule has 0 atom stereocenters. The molecule has 1 N–H and O–H groups in total. The van der Waals surface area contributed by atoms with E-state index in [-0.39, 0.29) is 0 Å². The SMILES string of the molecule is O=C(O)C=CCCC1=CCCCC1. The summed E-state index contributed by atoms with van der Waals surface area (Å²) in [5, 5.41) is 8.35. The first-order valence-corrected chi connectivity index (χ1v) is 4.86. The molecule has 2 nitrogen and oxygen atoms in total. The van der Waals surface area contributed by atoms with E-state index in [2.05, 4.69) is 6.08 Å². The highest BCUT2D eigenvalue weighted by Gasteiger charge is 2.01. The lowest BCUT2D eigenvalue weighted by atomic mass is 9.96. The molecule has 0 spiro atoms. The van der Waals surface area contributed by atoms with Gasteiger partial charge in [0.15, 0.2) is 0 Å². The second kappa shape index (κ2) is 5.57. The third kappa shape index (κ3) is 4.51. The normalized spacial score (nSPS) is 17.4. The molecule has 0 amide bonds. The van der Waals surface area contributed by atoms with E-state index in [4.69, 9.17) is 5.11 Å². The van der Waals surface area contributed by atoms with Gasteiger partial charge < -0.3 is 5.11 Å². The molecule has 0 aromatic rings. The van der Waals surface area contributed by atoms with E-state index in [1.165, 1.54) is 37.3 Å². The fourth-order valence-electron chi connectivity index (χ4n) is 1.58. The van der Waals surface area contributed by atoms with E-state index in [1.54, 1.807) is 6.08 Å². The summed E-state index contributed by atoms with van der Waals surface area (Å²) < 4.78 is 0. The first-order valence-electron chi connectivity index (χ1n) is 4.86. The van der Waals surface area contributed by atoms with Gasteiger partial charge in [0.1, 0.15) is 0 Å². The first kappa shape index (κ1) is 10.0. The molecule has 0 unspecified atom stereocenters. The summed E-state index contributed by atoms with van der Waals surface area (Å²) in [6.45, 7) is 0. The molecular weight excluding hydrogens is 164 g/mol. The maximum atomic E-state index is 10.1. The Bertz CT molecular complexity index is 226. The van der Waals surface area contributed by atoms with Crippen molar-refractivity contribution in [3.05, 3.63) is 23.8 Å². The molecule has 0 saturated heterocycles. The number of carboxylic acids is 1. The molecule has 0 aliphatic heterocycles. The zero-order chi connectivity index (χ0) is 9.52. The van der Waals surface area contributed by atoms with Gasteiger partial charge in [-0.2, -0.15) is 0 Å². The molecule has 0 heterocycles. The van der Waals surface area contributed by atoms with Crippen molar-refractivity contribution in [1.82, 2.24) is 0 Å². The average molecular weight is 180 g/mol. The van der Waals surface area contributed by atoms with Crippen molar-refractivity contribution in [2.24, 2.45) is 0 Å². The van der Waals surface area contributed by atoms with Gasteiger partial charge in [0.2, 0.25) is 0 Å². The third-order valence-corrected chi connectivity index (χ3v) is 2.28. The molecule has 0 bridgehead atoms. The van der Waals surface area contributed by atoms with E-state index in [0.29, 0.717) is 0 Å². The second-order valence-corrected chi connectivity index (χ2v) is 3.39. The standard InChI is InChI=1S/C11H16O2/c12-11(13)9-5-4-8-10-6-2-1-3-7-10/h5-6,9H,1-4,7-8H2,(H,12,13). The van der Waals surface area contributed by atoms with E-state index >= 15 is 0 Å². The van der Waals surface area contributed by atoms with Crippen LogP contribution >= 0.6 is 0 Å². The van der Waals surface area contributed by atoms with Crippen molar-refractivity contribution in [1.29, 1.82) is 0 Å². The molecule has 1 rings (SSSR count). The van der Waals surface area contributed by atoms with Crippen molar-refractivity contribution < 1.29 is 9.90 Å². The Morgan fingerprint density at radius 2 is 2.38 bits per heavy atom. The highest BCUT2D eigenvalue weighted by atomic mass is 16.4. The zero-order valence-corrected chi connectivity index (χ0v) is 7.83. The summed E-state index contributed by atoms with van der Waals surface area (Å²) in [7, 11) is 0. The number of rotatable bonds is 4. The summed E-state index contributed by atoms with van der Waals surface area (Å²) in [5.74, 6) is -0.849. The van der Waals surface area contributed by atoms with Crippen LogP contribution in [0.4, 0.5) is 0 Å². The van der Waals surface area contributed by atoms with Gasteiger partial charge in [-0.3, -0.25) is 0 Å². The predicted octanol–water partition coefficient (Wildman–Crippen LogP) is 2.91. The van der Waals surface area contributed by atoms with Crippen LogP contribution in [0.15, 0.2) is 23.8 Å². The van der Waals surface area contributed by atoms with Crippen LogP contribution in [-0.2, 0) is 4.79 Å². The van der Waals surface area contributed by atoms with E-state index in [1.807, 2.05) is 0 Å². The molecule has 1 aliphatic rings. The van der Waals surface area contributed by atoms with Crippen LogP contribution in [0.3, 0.4) is 0 Å². The second-order valence-electron chi connectivity index (χ2n) is 3.39. The Hall–Kier alpha value is -1.05. The number of allylic oxidation sites excluding steroid dienone is 3. The molecule has 0 radical (unpaired) electrons. The van der Waals surface area contributed by atoms with Gasteiger partial charge >= 0.3 is 5.97 Å². The van der Waals surface area contributed by atoms with Gasteiger partial charge in [0.25, 0.3) is 0 Å². The lowest BCUT2D eigenvalue weighted by molar-refractivity contribution is -0.131. The highest BCUT2D eigenvalue weighted by molar-refractivity contribution is 5.79. The molecule has 0 aromatic heterocycles. The molecule has 0 saturated carbocycles. The Kier molecular flexibility index (Phi) is 4.30. The topological polar surface area (TPSA) is 37.3 Å². The van der Waals surface area contributed by atoms with Crippen LogP contribution in [0.25, 0.3) is 0 Å². The summed E-state index contributed by atoms with van der Waals surface area (Å²) in [6.07, 6.45) is 12.2. The maximum absolute atomic E-state index is 10.1. The van der Waals surface area contributed by atoms with Gasteiger partial charge in [-0.1, -0.05) is 17.7 Å². The van der Waals surface area contributed by atoms with E-state index in [9.17, 15) is 4.79 Å². The van der Waals surface area contributed by atoms with Crippen LogP contribution in [-0.4, -0.2) is 11.1 Å². The maximum Gasteiger partial charge on any atom is 0.327 e. The summed E-state index contributed by atoms with van der Waals surface area (Å²) in [4.78, 5) is 10.1. The quantitative estimate of drug-likeness (QED) is 0.533. The minimum Gasteiger partial charge on any atom is -0.478 e. The van der Waals surface area contributed by atoms with Crippen molar-refractivity contribution in [2.45, 2.75) is 38.5 Å². The van der Waals surface area contributed by atoms with Crippen LogP contribution < -0.4 is 0 Å². The molecule has 0 aromatic carbocycles. The smallest absolute Gasteiger partial charge is 0.327 e. The van der Waals surface area contributed by atoms with Crippen molar-refractivity contribution in [3.63, 3.8) is 0 Å². The lowest BCUT2D eigenvalue weighted by Crippen LogP contribution is -1.91. The molecule has 13 heavy (non-hydrogen) atoms. The van der Waals surface area contributed by atoms with Gasteiger partial charge in [-0.15, -0.1) is 0 Å². The average Bonchev–Trinajstić information content (AvgIpc) is 2.14. The minimum absolute atomic E-state index is 0.849. The first-order chi connectivity index (χ1) is 6.29. The molecule has 1 aliphatic carbocycles. The number of hydrogen-bond acceptors (Lipinski definition) is 1. The minimum atomic E-state index is -0.849. The largest absolute Gasteiger partial charge is 0.478 e. The van der Waals surface area contributed by atoms with E-state index in [0.717, 1.165) is 12.8 Å². The Morgan fingerprint density at radius 3 is 3.00 bits per heavy atom. The van der Waals surface area contributed by atoms with Gasteiger partial charge in [0, 0.05) is 6.08 Å². The lowest BCUT2D eigenvalue weighted by Gasteiger charge is -2.10. The Morgan fingerprint density at radius 1 is 1.54 bits per heavy atom. The van der Waals surface area contributed by atoms with Crippen molar-refractivity contribution in [3.8, 4) is 0 Å². The summed E-state index contributed by atoms with van der Waals surface area (Å²) >= 11 is 0. The Labute approximate surface area is 79.0 Å². The van der Waals surface area contributed by atoms with Gasteiger partial charge in [0.05, 0.1) is 0 Å². The number of aliphatic carboxylic acids is 1. The van der Waals surface area contributed by atoms with Crippen LogP contribution in [0.2, 0.25) is 0 Å². The fourth-order valence-corrected chi connectivity index (χ4v) is 1.58. The summed E-state index contributed by atoms with van der Waals surface area (Å²) in [5.41, 5.74) is 1.50. The van der Waals surface area contributed by atoms with Crippen LogP contribution in [0, 0.1) is 0 Å². The molecule has 2 heteroatoms. The molecule has 0 fully saturated rings.